The second-order valence-corrected chi connectivity index (χ2v) is 7.50. The van der Waals surface area contributed by atoms with Crippen LogP contribution in [0.4, 0.5) is 0 Å². The maximum Gasteiger partial charge on any atom is 0.133 e. The first-order valence-corrected chi connectivity index (χ1v) is 7.83. The van der Waals surface area contributed by atoms with E-state index in [4.69, 9.17) is 9.47 Å². The fraction of sp³-hybridized carbons (Fsp3) is 0.533. The maximum absolute atomic E-state index is 11.9. The van der Waals surface area contributed by atoms with Crippen LogP contribution in [0.5, 0.6) is 11.5 Å². The van der Waals surface area contributed by atoms with Gasteiger partial charge in [0.2, 0.25) is 0 Å². The molecule has 0 aliphatic heterocycles. The minimum absolute atomic E-state index is 0.0371. The lowest BCUT2D eigenvalue weighted by Gasteiger charge is -2.28. The molecule has 1 saturated carbocycles. The van der Waals surface area contributed by atoms with Gasteiger partial charge in [-0.15, -0.1) is 0 Å². The molecule has 0 spiro atoms. The largest absolute Gasteiger partial charge is 0.497 e. The average Bonchev–Trinajstić information content (AvgIpc) is 2.60. The van der Waals surface area contributed by atoms with Gasteiger partial charge in [-0.3, -0.25) is 4.79 Å². The van der Waals surface area contributed by atoms with Crippen molar-refractivity contribution < 1.29 is 14.3 Å². The molecule has 19 heavy (non-hydrogen) atoms. The van der Waals surface area contributed by atoms with Crippen molar-refractivity contribution in [2.24, 2.45) is 0 Å². The number of rotatable bonds is 3. The fourth-order valence-electron chi connectivity index (χ4n) is 2.85. The number of hydrogen-bond acceptors (Lipinski definition) is 3. The first kappa shape index (κ1) is 14.1. The molecule has 3 nitrogen and oxygen atoms in total. The molecule has 1 aliphatic carbocycles. The summed E-state index contributed by atoms with van der Waals surface area (Å²) in [5.41, 5.74) is 1.20. The van der Waals surface area contributed by atoms with Gasteiger partial charge in [-0.2, -0.15) is 0 Å². The quantitative estimate of drug-likeness (QED) is 0.625. The summed E-state index contributed by atoms with van der Waals surface area (Å²) in [5, 5.41) is 0.0371. The van der Waals surface area contributed by atoms with Gasteiger partial charge in [-0.1, -0.05) is 6.42 Å². The number of benzene rings is 1. The highest BCUT2D eigenvalue weighted by molar-refractivity contribution is 6.17. The first-order valence-electron chi connectivity index (χ1n) is 6.83. The van der Waals surface area contributed by atoms with E-state index in [1.54, 1.807) is 14.2 Å². The van der Waals surface area contributed by atoms with E-state index in [9.17, 15) is 4.79 Å². The average molecular weight is 278 g/mol. The minimum Gasteiger partial charge on any atom is -0.497 e. The molecule has 4 heteroatoms. The third-order valence-electron chi connectivity index (χ3n) is 4.07. The lowest BCUT2D eigenvalue weighted by molar-refractivity contribution is -0.119. The summed E-state index contributed by atoms with van der Waals surface area (Å²) in [6.07, 6.45) is 4.68. The third kappa shape index (κ3) is 3.18. The Hall–Kier alpha value is -1.29. The van der Waals surface area contributed by atoms with Gasteiger partial charge in [0.25, 0.3) is 0 Å². The zero-order chi connectivity index (χ0) is 13.9. The summed E-state index contributed by atoms with van der Waals surface area (Å²) >= 11 is 0. The Morgan fingerprint density at radius 2 is 1.74 bits per heavy atom. The molecule has 0 aromatic heterocycles. The standard InChI is InChI=1S/C15H22O3Si/c1-17-13-7-11(8-14(9-13)18-2)15(19)6-4-3-5-12(16)10-15/h7-9H,3-6,10H2,1-2,19H3/t15-/m0/s1. The topological polar surface area (TPSA) is 35.5 Å². The van der Waals surface area contributed by atoms with Crippen molar-refractivity contribution in [3.63, 3.8) is 0 Å². The van der Waals surface area contributed by atoms with Crippen molar-refractivity contribution in [2.45, 2.75) is 37.1 Å². The van der Waals surface area contributed by atoms with E-state index < -0.39 is 0 Å². The van der Waals surface area contributed by atoms with Crippen LogP contribution in [0.2, 0.25) is 0 Å². The van der Waals surface area contributed by atoms with Crippen LogP contribution in [-0.2, 0) is 9.83 Å². The van der Waals surface area contributed by atoms with E-state index >= 15 is 0 Å². The summed E-state index contributed by atoms with van der Waals surface area (Å²) in [6, 6.07) is 6.01. The van der Waals surface area contributed by atoms with Crippen LogP contribution in [0.25, 0.3) is 0 Å². The number of methoxy groups -OCH3 is 2. The van der Waals surface area contributed by atoms with Crippen LogP contribution in [0, 0.1) is 0 Å². The van der Waals surface area contributed by atoms with E-state index in [1.165, 1.54) is 5.56 Å². The number of hydrogen-bond donors (Lipinski definition) is 0. The number of ether oxygens (including phenoxy) is 2. The third-order valence-corrected chi connectivity index (χ3v) is 5.50. The lowest BCUT2D eigenvalue weighted by Crippen LogP contribution is -2.28. The summed E-state index contributed by atoms with van der Waals surface area (Å²) in [6.45, 7) is 0. The number of carbonyl (C=O) groups is 1. The van der Waals surface area contributed by atoms with Gasteiger partial charge >= 0.3 is 0 Å². The second-order valence-electron chi connectivity index (χ2n) is 5.58. The molecule has 104 valence electrons. The minimum atomic E-state index is 0.0371. The van der Waals surface area contributed by atoms with E-state index in [1.807, 2.05) is 6.07 Å². The molecule has 1 aliphatic rings. The predicted molar refractivity (Wildman–Crippen MR) is 79.3 cm³/mol. The molecule has 1 aromatic rings. The lowest BCUT2D eigenvalue weighted by atomic mass is 9.89. The summed E-state index contributed by atoms with van der Waals surface area (Å²) < 4.78 is 10.7. The zero-order valence-corrected chi connectivity index (χ0v) is 14.0. The maximum atomic E-state index is 11.9. The highest BCUT2D eigenvalue weighted by Crippen LogP contribution is 2.37. The molecule has 0 unspecified atom stereocenters. The summed E-state index contributed by atoms with van der Waals surface area (Å²) in [5.74, 6) is 2.01. The molecule has 0 radical (unpaired) electrons. The highest BCUT2D eigenvalue weighted by Gasteiger charge is 2.31. The normalized spacial score (nSPS) is 24.0. The Morgan fingerprint density at radius 1 is 1.11 bits per heavy atom. The Labute approximate surface area is 117 Å². The smallest absolute Gasteiger partial charge is 0.133 e. The monoisotopic (exact) mass is 278 g/mol. The molecule has 0 amide bonds. The van der Waals surface area contributed by atoms with Gasteiger partial charge in [-0.25, -0.2) is 0 Å². The van der Waals surface area contributed by atoms with Crippen molar-refractivity contribution in [1.82, 2.24) is 0 Å². The van der Waals surface area contributed by atoms with Crippen LogP contribution in [0.15, 0.2) is 18.2 Å². The van der Waals surface area contributed by atoms with E-state index in [-0.39, 0.29) is 5.04 Å². The van der Waals surface area contributed by atoms with Crippen molar-refractivity contribution in [2.75, 3.05) is 14.2 Å². The molecule has 1 fully saturated rings. The molecular formula is C15H22O3Si. The van der Waals surface area contributed by atoms with E-state index in [0.717, 1.165) is 47.4 Å². The predicted octanol–water partition coefficient (Wildman–Crippen LogP) is 1.80. The van der Waals surface area contributed by atoms with E-state index in [0.29, 0.717) is 12.2 Å². The number of carbonyl (C=O) groups excluding carboxylic acids is 1. The fourth-order valence-corrected chi connectivity index (χ4v) is 3.89. The molecule has 2 rings (SSSR count). The Kier molecular flexibility index (Phi) is 4.30. The van der Waals surface area contributed by atoms with Crippen LogP contribution < -0.4 is 9.47 Å². The Balaban J connectivity index is 2.40. The van der Waals surface area contributed by atoms with Gasteiger partial charge in [0, 0.05) is 29.2 Å². The summed E-state index contributed by atoms with van der Waals surface area (Å²) in [4.78, 5) is 11.9. The number of ketones is 1. The van der Waals surface area contributed by atoms with Gasteiger partial charge in [0.1, 0.15) is 17.3 Å². The van der Waals surface area contributed by atoms with Crippen molar-refractivity contribution >= 4 is 16.0 Å². The summed E-state index contributed by atoms with van der Waals surface area (Å²) in [7, 11) is 4.30. The van der Waals surface area contributed by atoms with Crippen molar-refractivity contribution in [3.8, 4) is 11.5 Å². The molecule has 1 atom stereocenters. The Bertz CT molecular complexity index is 450. The highest BCUT2D eigenvalue weighted by atomic mass is 28.1. The van der Waals surface area contributed by atoms with Gasteiger partial charge in [0.15, 0.2) is 0 Å². The van der Waals surface area contributed by atoms with Crippen LogP contribution in [0.3, 0.4) is 0 Å². The molecule has 0 saturated heterocycles. The van der Waals surface area contributed by atoms with Gasteiger partial charge < -0.3 is 9.47 Å². The second kappa shape index (κ2) is 5.78. The first-order chi connectivity index (χ1) is 9.07. The zero-order valence-electron chi connectivity index (χ0n) is 12.0. The molecule has 0 bridgehead atoms. The van der Waals surface area contributed by atoms with Gasteiger partial charge in [-0.05, 0) is 35.6 Å². The van der Waals surface area contributed by atoms with Crippen molar-refractivity contribution in [3.05, 3.63) is 23.8 Å². The van der Waals surface area contributed by atoms with Crippen LogP contribution in [-0.4, -0.2) is 30.2 Å². The molecule has 0 heterocycles. The van der Waals surface area contributed by atoms with Gasteiger partial charge in [0.05, 0.1) is 14.2 Å². The number of Topliss-reactive ketones (excluding diaryl/α,β-unsaturated/α-hetero) is 1. The molecule has 0 N–H and O–H groups in total. The van der Waals surface area contributed by atoms with Crippen LogP contribution >= 0.6 is 0 Å². The SMILES string of the molecule is COc1cc(OC)cc([C@]2([SiH3])CCCCC(=O)C2)c1. The van der Waals surface area contributed by atoms with Crippen LogP contribution in [0.1, 0.15) is 37.7 Å². The van der Waals surface area contributed by atoms with Crippen molar-refractivity contribution in [1.29, 1.82) is 0 Å². The van der Waals surface area contributed by atoms with E-state index in [2.05, 4.69) is 12.1 Å². The molecule has 1 aromatic carbocycles. The molecular weight excluding hydrogens is 256 g/mol. The Morgan fingerprint density at radius 3 is 2.32 bits per heavy atom.